The minimum Gasteiger partial charge on any atom is -0.465 e. The summed E-state index contributed by atoms with van der Waals surface area (Å²) < 4.78 is 5.02. The Morgan fingerprint density at radius 1 is 1.19 bits per heavy atom. The molecular weight excluding hydrogens is 378 g/mol. The zero-order valence-electron chi connectivity index (χ0n) is 15.0. The molecule has 0 amide bonds. The van der Waals surface area contributed by atoms with Crippen molar-refractivity contribution >= 4 is 39.6 Å². The third kappa shape index (κ3) is 4.50. The number of anilines is 1. The third-order valence-corrected chi connectivity index (χ3v) is 5.19. The molecule has 0 aliphatic rings. The number of rotatable bonds is 5. The van der Waals surface area contributed by atoms with Crippen molar-refractivity contribution in [3.8, 4) is 11.1 Å². The molecule has 0 aliphatic carbocycles. The van der Waals surface area contributed by atoms with Crippen LogP contribution in [0.4, 0.5) is 5.00 Å². The lowest BCUT2D eigenvalue weighted by molar-refractivity contribution is 0.0603. The van der Waals surface area contributed by atoms with Crippen molar-refractivity contribution in [3.63, 3.8) is 0 Å². The van der Waals surface area contributed by atoms with Crippen LogP contribution in [0.1, 0.15) is 20.9 Å². The van der Waals surface area contributed by atoms with Crippen LogP contribution in [0.5, 0.6) is 0 Å². The number of aromatic nitrogens is 1. The van der Waals surface area contributed by atoms with Crippen molar-refractivity contribution in [1.29, 1.82) is 0 Å². The molecule has 3 rings (SSSR count). The number of hydrogen-bond acceptors (Lipinski definition) is 5. The first-order valence-electron chi connectivity index (χ1n) is 8.32. The molecule has 2 heterocycles. The highest BCUT2D eigenvalue weighted by molar-refractivity contribution is 7.80. The fourth-order valence-corrected chi connectivity index (χ4v) is 4.01. The van der Waals surface area contributed by atoms with Crippen molar-refractivity contribution in [1.82, 2.24) is 10.3 Å². The van der Waals surface area contributed by atoms with Crippen LogP contribution in [0.15, 0.2) is 54.7 Å². The molecule has 0 aliphatic heterocycles. The predicted molar refractivity (Wildman–Crippen MR) is 113 cm³/mol. The van der Waals surface area contributed by atoms with Crippen molar-refractivity contribution in [2.75, 3.05) is 12.4 Å². The van der Waals surface area contributed by atoms with E-state index in [9.17, 15) is 4.79 Å². The van der Waals surface area contributed by atoms with E-state index >= 15 is 0 Å². The summed E-state index contributed by atoms with van der Waals surface area (Å²) in [5, 5.41) is 7.34. The van der Waals surface area contributed by atoms with Crippen LogP contribution < -0.4 is 10.6 Å². The number of ether oxygens (including phenoxy) is 1. The summed E-state index contributed by atoms with van der Waals surface area (Å²) in [6.07, 6.45) is 1.73. The van der Waals surface area contributed by atoms with Gasteiger partial charge in [0.15, 0.2) is 5.11 Å². The lowest BCUT2D eigenvalue weighted by atomic mass is 10.0. The molecule has 0 radical (unpaired) electrons. The molecule has 0 bridgehead atoms. The molecule has 5 nitrogen and oxygen atoms in total. The topological polar surface area (TPSA) is 63.2 Å². The zero-order chi connectivity index (χ0) is 19.2. The van der Waals surface area contributed by atoms with E-state index in [1.807, 2.05) is 55.5 Å². The van der Waals surface area contributed by atoms with Crippen LogP contribution in [-0.2, 0) is 11.3 Å². The van der Waals surface area contributed by atoms with E-state index in [1.54, 1.807) is 6.20 Å². The Balaban J connectivity index is 1.84. The number of esters is 1. The number of benzene rings is 1. The number of aryl methyl sites for hydroxylation is 1. The SMILES string of the molecule is COC(=O)c1c(NC(=S)NCc2ccccn2)sc(C)c1-c1ccccc1. The second kappa shape index (κ2) is 8.75. The second-order valence-corrected chi connectivity index (χ2v) is 7.36. The zero-order valence-corrected chi connectivity index (χ0v) is 16.6. The van der Waals surface area contributed by atoms with Gasteiger partial charge < -0.3 is 15.4 Å². The molecule has 138 valence electrons. The minimum atomic E-state index is -0.395. The Morgan fingerprint density at radius 2 is 1.93 bits per heavy atom. The number of thiophene rings is 1. The molecule has 0 saturated heterocycles. The predicted octanol–water partition coefficient (Wildman–Crippen LogP) is 4.39. The Labute approximate surface area is 167 Å². The highest BCUT2D eigenvalue weighted by atomic mass is 32.1. The van der Waals surface area contributed by atoms with Crippen molar-refractivity contribution < 1.29 is 9.53 Å². The van der Waals surface area contributed by atoms with Crippen molar-refractivity contribution in [3.05, 3.63) is 70.9 Å². The Hall–Kier alpha value is -2.77. The molecular formula is C20H19N3O2S2. The monoisotopic (exact) mass is 397 g/mol. The van der Waals surface area contributed by atoms with Crippen LogP contribution in [0, 0.1) is 6.92 Å². The summed E-state index contributed by atoms with van der Waals surface area (Å²) in [7, 11) is 1.38. The summed E-state index contributed by atoms with van der Waals surface area (Å²) in [5.41, 5.74) is 3.20. The molecule has 27 heavy (non-hydrogen) atoms. The quantitative estimate of drug-likeness (QED) is 0.492. The highest BCUT2D eigenvalue weighted by Gasteiger charge is 2.24. The van der Waals surface area contributed by atoms with E-state index in [2.05, 4.69) is 15.6 Å². The minimum absolute atomic E-state index is 0.395. The van der Waals surface area contributed by atoms with E-state index in [1.165, 1.54) is 18.4 Å². The standard InChI is InChI=1S/C20H19N3O2S2/c1-13-16(14-8-4-3-5-9-14)17(19(24)25-2)18(27-13)23-20(26)22-12-15-10-6-7-11-21-15/h3-11H,12H2,1-2H3,(H2,22,23,26). The average Bonchev–Trinajstić information content (AvgIpc) is 3.02. The van der Waals surface area contributed by atoms with Gasteiger partial charge in [0.25, 0.3) is 0 Å². The van der Waals surface area contributed by atoms with E-state index in [4.69, 9.17) is 17.0 Å². The van der Waals surface area contributed by atoms with Gasteiger partial charge in [0.1, 0.15) is 10.6 Å². The highest BCUT2D eigenvalue weighted by Crippen LogP contribution is 2.40. The molecule has 0 spiro atoms. The van der Waals surface area contributed by atoms with Crippen LogP contribution >= 0.6 is 23.6 Å². The number of nitrogens with zero attached hydrogens (tertiary/aromatic N) is 1. The van der Waals surface area contributed by atoms with Gasteiger partial charge in [-0.2, -0.15) is 0 Å². The summed E-state index contributed by atoms with van der Waals surface area (Å²) in [6, 6.07) is 15.5. The largest absolute Gasteiger partial charge is 0.465 e. The first-order chi connectivity index (χ1) is 13.1. The lowest BCUT2D eigenvalue weighted by Crippen LogP contribution is -2.28. The number of thiocarbonyl (C=S) groups is 1. The molecule has 7 heteroatoms. The van der Waals surface area contributed by atoms with Gasteiger partial charge in [-0.1, -0.05) is 36.4 Å². The van der Waals surface area contributed by atoms with Gasteiger partial charge in [0.05, 0.1) is 19.3 Å². The smallest absolute Gasteiger partial charge is 0.341 e. The van der Waals surface area contributed by atoms with E-state index in [-0.39, 0.29) is 0 Å². The molecule has 3 aromatic rings. The molecule has 0 saturated carbocycles. The van der Waals surface area contributed by atoms with Gasteiger partial charge in [0.2, 0.25) is 0 Å². The number of carbonyl (C=O) groups is 1. The van der Waals surface area contributed by atoms with Gasteiger partial charge in [-0.15, -0.1) is 11.3 Å². The second-order valence-electron chi connectivity index (χ2n) is 5.72. The van der Waals surface area contributed by atoms with Gasteiger partial charge in [-0.05, 0) is 36.8 Å². The van der Waals surface area contributed by atoms with E-state index < -0.39 is 5.97 Å². The first kappa shape index (κ1) is 19.0. The normalized spacial score (nSPS) is 10.3. The van der Waals surface area contributed by atoms with E-state index in [0.717, 1.165) is 21.7 Å². The maximum atomic E-state index is 12.5. The number of methoxy groups -OCH3 is 1. The van der Waals surface area contributed by atoms with Crippen LogP contribution in [0.2, 0.25) is 0 Å². The van der Waals surface area contributed by atoms with Gasteiger partial charge in [-0.3, -0.25) is 4.98 Å². The Bertz CT molecular complexity index is 941. The number of hydrogen-bond donors (Lipinski definition) is 2. The lowest BCUT2D eigenvalue weighted by Gasteiger charge is -2.11. The van der Waals surface area contributed by atoms with Crippen LogP contribution in [0.3, 0.4) is 0 Å². The molecule has 0 atom stereocenters. The average molecular weight is 398 g/mol. The summed E-state index contributed by atoms with van der Waals surface area (Å²) >= 11 is 6.87. The van der Waals surface area contributed by atoms with Gasteiger partial charge >= 0.3 is 5.97 Å². The number of pyridine rings is 1. The first-order valence-corrected chi connectivity index (χ1v) is 9.54. The van der Waals surface area contributed by atoms with Crippen LogP contribution in [-0.4, -0.2) is 23.2 Å². The van der Waals surface area contributed by atoms with Crippen molar-refractivity contribution in [2.45, 2.75) is 13.5 Å². The molecule has 2 N–H and O–H groups in total. The number of carbonyl (C=O) groups excluding carboxylic acids is 1. The molecule has 0 unspecified atom stereocenters. The van der Waals surface area contributed by atoms with Gasteiger partial charge in [-0.25, -0.2) is 4.79 Å². The Kier molecular flexibility index (Phi) is 6.16. The maximum absolute atomic E-state index is 12.5. The summed E-state index contributed by atoms with van der Waals surface area (Å²) in [6.45, 7) is 2.48. The molecule has 0 fully saturated rings. The summed E-state index contributed by atoms with van der Waals surface area (Å²) in [5.74, 6) is -0.395. The molecule has 2 aromatic heterocycles. The third-order valence-electron chi connectivity index (χ3n) is 3.92. The fourth-order valence-electron chi connectivity index (χ4n) is 2.70. The maximum Gasteiger partial charge on any atom is 0.341 e. The fraction of sp³-hybridized carbons (Fsp3) is 0.150. The van der Waals surface area contributed by atoms with Crippen molar-refractivity contribution in [2.24, 2.45) is 0 Å². The van der Waals surface area contributed by atoms with Gasteiger partial charge in [0, 0.05) is 16.6 Å². The molecule has 1 aromatic carbocycles. The number of nitrogens with one attached hydrogen (secondary N) is 2. The Morgan fingerprint density at radius 3 is 2.59 bits per heavy atom. The van der Waals surface area contributed by atoms with Crippen LogP contribution in [0.25, 0.3) is 11.1 Å². The summed E-state index contributed by atoms with van der Waals surface area (Å²) in [4.78, 5) is 17.7. The van der Waals surface area contributed by atoms with E-state index in [0.29, 0.717) is 22.2 Å².